The van der Waals surface area contributed by atoms with Crippen LogP contribution >= 0.6 is 11.6 Å². The van der Waals surface area contributed by atoms with Gasteiger partial charge in [0.1, 0.15) is 22.4 Å². The Morgan fingerprint density at radius 1 is 1.03 bits per heavy atom. The van der Waals surface area contributed by atoms with Crippen LogP contribution in [-0.4, -0.2) is 52.2 Å². The molecular formula is C24H21ClN4O2. The van der Waals surface area contributed by atoms with Crippen LogP contribution in [0.3, 0.4) is 0 Å². The molecule has 6 nitrogen and oxygen atoms in total. The number of ether oxygens (including phenoxy) is 1. The lowest BCUT2D eigenvalue weighted by Gasteiger charge is -2.41. The average Bonchev–Trinajstić information content (AvgIpc) is 2.96. The number of carbonyl (C=O) groups is 1. The molecule has 1 amide bonds. The van der Waals surface area contributed by atoms with Crippen molar-refractivity contribution >= 4 is 29.0 Å². The molecule has 1 saturated heterocycles. The Labute approximate surface area is 185 Å². The number of hydrogen-bond acceptors (Lipinski definition) is 5. The van der Waals surface area contributed by atoms with Gasteiger partial charge in [0.2, 0.25) is 0 Å². The van der Waals surface area contributed by atoms with Crippen LogP contribution in [0, 0.1) is 0 Å². The summed E-state index contributed by atoms with van der Waals surface area (Å²) < 4.78 is 6.15. The second kappa shape index (κ2) is 8.04. The van der Waals surface area contributed by atoms with Gasteiger partial charge in [0.15, 0.2) is 5.75 Å². The first-order valence-electron chi connectivity index (χ1n) is 10.2. The third-order valence-electron chi connectivity index (χ3n) is 5.62. The topological polar surface area (TPSA) is 58.0 Å². The fraction of sp³-hybridized carbons (Fsp3) is 0.208. The summed E-state index contributed by atoms with van der Waals surface area (Å²) in [6, 6.07) is 19.1. The molecule has 3 aromatic rings. The van der Waals surface area contributed by atoms with Crippen molar-refractivity contribution in [1.29, 1.82) is 0 Å². The quantitative estimate of drug-likeness (QED) is 0.520. The van der Waals surface area contributed by atoms with E-state index in [9.17, 15) is 4.79 Å². The number of nitrogens with zero attached hydrogens (tertiary/aromatic N) is 4. The van der Waals surface area contributed by atoms with E-state index in [-0.39, 0.29) is 17.1 Å². The van der Waals surface area contributed by atoms with E-state index >= 15 is 0 Å². The molecule has 5 rings (SSSR count). The fourth-order valence-corrected chi connectivity index (χ4v) is 4.26. The lowest BCUT2D eigenvalue weighted by atomic mass is 10.1. The Morgan fingerprint density at radius 3 is 2.61 bits per heavy atom. The van der Waals surface area contributed by atoms with Gasteiger partial charge in [-0.2, -0.15) is 0 Å². The molecule has 3 heterocycles. The van der Waals surface area contributed by atoms with Crippen LogP contribution in [-0.2, 0) is 0 Å². The van der Waals surface area contributed by atoms with Gasteiger partial charge in [-0.3, -0.25) is 4.79 Å². The highest BCUT2D eigenvalue weighted by Gasteiger charge is 2.32. The predicted octanol–water partition coefficient (Wildman–Crippen LogP) is 4.77. The van der Waals surface area contributed by atoms with Gasteiger partial charge in [0.05, 0.1) is 11.1 Å². The lowest BCUT2D eigenvalue weighted by Crippen LogP contribution is -2.55. The minimum atomic E-state index is -0.0952. The van der Waals surface area contributed by atoms with E-state index in [1.54, 1.807) is 18.3 Å². The average molecular weight is 433 g/mol. The van der Waals surface area contributed by atoms with Gasteiger partial charge in [-0.05, 0) is 43.3 Å². The maximum atomic E-state index is 13.1. The zero-order valence-electron chi connectivity index (χ0n) is 17.0. The highest BCUT2D eigenvalue weighted by Crippen LogP contribution is 2.38. The molecule has 1 aromatic heterocycles. The zero-order valence-corrected chi connectivity index (χ0v) is 17.8. The van der Waals surface area contributed by atoms with Crippen LogP contribution in [0.5, 0.6) is 11.5 Å². The van der Waals surface area contributed by atoms with Crippen LogP contribution in [0.1, 0.15) is 22.8 Å². The minimum absolute atomic E-state index is 0.0215. The first kappa shape index (κ1) is 19.6. The molecule has 7 heteroatoms. The number of carbonyl (C=O) groups excluding carboxylic acids is 1. The molecule has 2 aliphatic heterocycles. The Kier molecular flexibility index (Phi) is 5.08. The van der Waals surface area contributed by atoms with Gasteiger partial charge in [-0.1, -0.05) is 35.9 Å². The molecule has 0 saturated carbocycles. The number of hydrogen-bond donors (Lipinski definition) is 0. The number of piperazine rings is 1. The van der Waals surface area contributed by atoms with Gasteiger partial charge in [0, 0.05) is 31.9 Å². The SMILES string of the molecule is CC1CN(C2=Nc3ccccc3Oc3ccccc32)CCN1C(=O)c1cccnc1Cl. The van der Waals surface area contributed by atoms with Crippen molar-refractivity contribution in [3.8, 4) is 11.5 Å². The van der Waals surface area contributed by atoms with Crippen LogP contribution < -0.4 is 4.74 Å². The van der Waals surface area contributed by atoms with Gasteiger partial charge < -0.3 is 14.5 Å². The van der Waals surface area contributed by atoms with E-state index in [4.69, 9.17) is 21.3 Å². The van der Waals surface area contributed by atoms with E-state index < -0.39 is 0 Å². The van der Waals surface area contributed by atoms with Gasteiger partial charge >= 0.3 is 0 Å². The second-order valence-electron chi connectivity index (χ2n) is 7.64. The maximum Gasteiger partial charge on any atom is 0.257 e. The van der Waals surface area contributed by atoms with Crippen LogP contribution in [0.15, 0.2) is 71.9 Å². The number of aromatic nitrogens is 1. The Bertz CT molecular complexity index is 1180. The van der Waals surface area contributed by atoms with Crippen molar-refractivity contribution in [2.24, 2.45) is 4.99 Å². The summed E-state index contributed by atoms with van der Waals surface area (Å²) in [5, 5.41) is 0.234. The summed E-state index contributed by atoms with van der Waals surface area (Å²) in [4.78, 5) is 26.1. The standard InChI is InChI=1S/C24H21ClN4O2/c1-16-15-28(13-14-29(16)24(30)18-8-6-12-26-22(18)25)23-17-7-2-4-10-20(17)31-21-11-5-3-9-19(21)27-23/h2-12,16H,13-15H2,1H3. The summed E-state index contributed by atoms with van der Waals surface area (Å²) in [6.45, 7) is 3.92. The molecule has 0 N–H and O–H groups in total. The summed E-state index contributed by atoms with van der Waals surface area (Å²) >= 11 is 6.16. The van der Waals surface area contributed by atoms with Crippen molar-refractivity contribution in [2.75, 3.05) is 19.6 Å². The van der Waals surface area contributed by atoms with Crippen molar-refractivity contribution in [1.82, 2.24) is 14.8 Å². The summed E-state index contributed by atoms with van der Waals surface area (Å²) in [5.41, 5.74) is 2.17. The molecule has 1 unspecified atom stereocenters. The van der Waals surface area contributed by atoms with Gasteiger partial charge in [-0.15, -0.1) is 0 Å². The van der Waals surface area contributed by atoms with Crippen molar-refractivity contribution in [3.63, 3.8) is 0 Å². The number of halogens is 1. The number of aliphatic imine (C=N–C) groups is 1. The van der Waals surface area contributed by atoms with E-state index in [1.165, 1.54) is 0 Å². The number of pyridine rings is 1. The third-order valence-corrected chi connectivity index (χ3v) is 5.92. The molecule has 0 radical (unpaired) electrons. The normalized spacial score (nSPS) is 17.7. The highest BCUT2D eigenvalue weighted by molar-refractivity contribution is 6.32. The number of amides is 1. The zero-order chi connectivity index (χ0) is 21.4. The largest absolute Gasteiger partial charge is 0.454 e. The van der Waals surface area contributed by atoms with Crippen LogP contribution in [0.25, 0.3) is 0 Å². The number of amidine groups is 1. The highest BCUT2D eigenvalue weighted by atomic mass is 35.5. The summed E-state index contributed by atoms with van der Waals surface area (Å²) in [5.74, 6) is 2.28. The van der Waals surface area contributed by atoms with Gasteiger partial charge in [0.25, 0.3) is 5.91 Å². The first-order valence-corrected chi connectivity index (χ1v) is 10.6. The molecule has 1 atom stereocenters. The molecule has 1 fully saturated rings. The molecule has 31 heavy (non-hydrogen) atoms. The first-order chi connectivity index (χ1) is 15.1. The Balaban J connectivity index is 1.45. The van der Waals surface area contributed by atoms with Crippen molar-refractivity contribution in [3.05, 3.63) is 83.1 Å². The summed E-state index contributed by atoms with van der Waals surface area (Å²) in [6.07, 6.45) is 1.59. The van der Waals surface area contributed by atoms with Crippen molar-refractivity contribution < 1.29 is 9.53 Å². The van der Waals surface area contributed by atoms with Gasteiger partial charge in [-0.25, -0.2) is 9.98 Å². The van der Waals surface area contributed by atoms with Crippen molar-refractivity contribution in [2.45, 2.75) is 13.0 Å². The molecule has 156 valence electrons. The van der Waals surface area contributed by atoms with Crippen LogP contribution in [0.2, 0.25) is 5.15 Å². The van der Waals surface area contributed by atoms with E-state index in [1.807, 2.05) is 60.4 Å². The smallest absolute Gasteiger partial charge is 0.257 e. The molecule has 0 bridgehead atoms. The number of benzene rings is 2. The number of para-hydroxylation sites is 3. The Morgan fingerprint density at radius 2 is 1.81 bits per heavy atom. The fourth-order valence-electron chi connectivity index (χ4n) is 4.06. The Hall–Kier alpha value is -3.38. The van der Waals surface area contributed by atoms with Crippen LogP contribution in [0.4, 0.5) is 5.69 Å². The number of fused-ring (bicyclic) bond motifs is 2. The van der Waals surface area contributed by atoms with E-state index in [2.05, 4.69) is 9.88 Å². The minimum Gasteiger partial charge on any atom is -0.454 e. The lowest BCUT2D eigenvalue weighted by molar-refractivity contribution is 0.0581. The molecular weight excluding hydrogens is 412 g/mol. The molecule has 0 spiro atoms. The molecule has 0 aliphatic carbocycles. The molecule has 2 aliphatic rings. The van der Waals surface area contributed by atoms with E-state index in [0.29, 0.717) is 25.2 Å². The second-order valence-corrected chi connectivity index (χ2v) is 7.99. The summed E-state index contributed by atoms with van der Waals surface area (Å²) in [7, 11) is 0. The third kappa shape index (κ3) is 3.64. The molecule has 2 aromatic carbocycles. The van der Waals surface area contributed by atoms with E-state index in [0.717, 1.165) is 28.6 Å². The predicted molar refractivity (Wildman–Crippen MR) is 120 cm³/mol. The monoisotopic (exact) mass is 432 g/mol. The number of rotatable bonds is 1. The maximum absolute atomic E-state index is 13.1.